The monoisotopic (exact) mass is 179 g/mol. The van der Waals surface area contributed by atoms with Crippen LogP contribution in [0.25, 0.3) is 0 Å². The summed E-state index contributed by atoms with van der Waals surface area (Å²) in [5.41, 5.74) is 1.50. The molecule has 0 aliphatic carbocycles. The van der Waals surface area contributed by atoms with E-state index in [1.807, 2.05) is 0 Å². The lowest BCUT2D eigenvalue weighted by Gasteiger charge is -1.97. The highest BCUT2D eigenvalue weighted by Crippen LogP contribution is 2.12. The Kier molecular flexibility index (Phi) is 2.59. The standard InChI is InChI=1S/C8H9N3O2/c1-6(10-9)7-2-4-8(5-3-7)11(12)13/h2-5H,9H2,1H3/b10-6-. The molecule has 1 aromatic carbocycles. The molecule has 0 aromatic heterocycles. The SMILES string of the molecule is C/C(=N/N)c1ccc([N+](=O)[O-])cc1. The molecule has 5 nitrogen and oxygen atoms in total. The summed E-state index contributed by atoms with van der Waals surface area (Å²) in [4.78, 5) is 9.86. The Bertz CT molecular complexity index is 343. The third-order valence-corrected chi connectivity index (χ3v) is 1.69. The molecule has 1 aromatic rings. The summed E-state index contributed by atoms with van der Waals surface area (Å²) >= 11 is 0. The first-order chi connectivity index (χ1) is 6.15. The molecule has 0 bridgehead atoms. The van der Waals surface area contributed by atoms with Crippen molar-refractivity contribution in [3.63, 3.8) is 0 Å². The van der Waals surface area contributed by atoms with Gasteiger partial charge in [0.05, 0.1) is 10.6 Å². The highest BCUT2D eigenvalue weighted by atomic mass is 16.6. The number of nitrogens with zero attached hydrogens (tertiary/aromatic N) is 2. The Hall–Kier alpha value is -1.91. The summed E-state index contributed by atoms with van der Waals surface area (Å²) in [5.74, 6) is 5.06. The van der Waals surface area contributed by atoms with Gasteiger partial charge in [0.2, 0.25) is 0 Å². The summed E-state index contributed by atoms with van der Waals surface area (Å²) in [5, 5.41) is 13.8. The molecule has 13 heavy (non-hydrogen) atoms. The summed E-state index contributed by atoms with van der Waals surface area (Å²) in [6.07, 6.45) is 0. The van der Waals surface area contributed by atoms with Crippen molar-refractivity contribution in [1.29, 1.82) is 0 Å². The van der Waals surface area contributed by atoms with E-state index in [0.717, 1.165) is 5.56 Å². The first kappa shape index (κ1) is 9.18. The minimum Gasteiger partial charge on any atom is -0.323 e. The van der Waals surface area contributed by atoms with Crippen LogP contribution in [0.15, 0.2) is 29.4 Å². The van der Waals surface area contributed by atoms with Gasteiger partial charge < -0.3 is 5.84 Å². The predicted molar refractivity (Wildman–Crippen MR) is 49.5 cm³/mol. The number of nitro groups is 1. The highest BCUT2D eigenvalue weighted by Gasteiger charge is 2.04. The molecular formula is C8H9N3O2. The number of nitro benzene ring substituents is 1. The van der Waals surface area contributed by atoms with Crippen molar-refractivity contribution in [1.82, 2.24) is 0 Å². The quantitative estimate of drug-likeness (QED) is 0.321. The van der Waals surface area contributed by atoms with Crippen LogP contribution in [0, 0.1) is 10.1 Å². The van der Waals surface area contributed by atoms with E-state index in [1.165, 1.54) is 12.1 Å². The molecule has 0 saturated heterocycles. The van der Waals surface area contributed by atoms with Gasteiger partial charge in [-0.25, -0.2) is 0 Å². The van der Waals surface area contributed by atoms with E-state index in [-0.39, 0.29) is 5.69 Å². The number of benzene rings is 1. The number of hydrogen-bond acceptors (Lipinski definition) is 4. The summed E-state index contributed by atoms with van der Waals surface area (Å²) in [7, 11) is 0. The molecule has 0 amide bonds. The van der Waals surface area contributed by atoms with Gasteiger partial charge in [0.15, 0.2) is 0 Å². The number of hydrogen-bond donors (Lipinski definition) is 1. The minimum atomic E-state index is -0.446. The Morgan fingerprint density at radius 3 is 2.38 bits per heavy atom. The van der Waals surface area contributed by atoms with Gasteiger partial charge in [-0.05, 0) is 24.6 Å². The van der Waals surface area contributed by atoms with Crippen LogP contribution in [0.2, 0.25) is 0 Å². The molecule has 0 atom stereocenters. The van der Waals surface area contributed by atoms with E-state index in [2.05, 4.69) is 5.10 Å². The molecule has 5 heteroatoms. The van der Waals surface area contributed by atoms with Crippen LogP contribution in [0.5, 0.6) is 0 Å². The molecule has 0 unspecified atom stereocenters. The molecule has 0 spiro atoms. The Labute approximate surface area is 75.0 Å². The van der Waals surface area contributed by atoms with Crippen molar-refractivity contribution in [3.05, 3.63) is 39.9 Å². The predicted octanol–water partition coefficient (Wildman–Crippen LogP) is 1.28. The number of rotatable bonds is 2. The fraction of sp³-hybridized carbons (Fsp3) is 0.125. The molecule has 0 saturated carbocycles. The maximum absolute atomic E-state index is 10.3. The molecule has 0 radical (unpaired) electrons. The van der Waals surface area contributed by atoms with Crippen molar-refractivity contribution in [2.24, 2.45) is 10.9 Å². The van der Waals surface area contributed by atoms with Crippen molar-refractivity contribution in [3.8, 4) is 0 Å². The largest absolute Gasteiger partial charge is 0.323 e. The first-order valence-corrected chi connectivity index (χ1v) is 3.64. The smallest absolute Gasteiger partial charge is 0.269 e. The molecule has 0 aliphatic heterocycles. The summed E-state index contributed by atoms with van der Waals surface area (Å²) in [6.45, 7) is 1.74. The molecule has 1 rings (SSSR count). The van der Waals surface area contributed by atoms with Gasteiger partial charge in [-0.3, -0.25) is 10.1 Å². The molecule has 0 heterocycles. The second-order valence-corrected chi connectivity index (χ2v) is 2.52. The van der Waals surface area contributed by atoms with Crippen LogP contribution in [0.1, 0.15) is 12.5 Å². The third kappa shape index (κ3) is 2.02. The lowest BCUT2D eigenvalue weighted by Crippen LogP contribution is -1.98. The maximum Gasteiger partial charge on any atom is 0.269 e. The fourth-order valence-corrected chi connectivity index (χ4v) is 0.899. The van der Waals surface area contributed by atoms with Crippen LogP contribution in [-0.4, -0.2) is 10.6 Å². The lowest BCUT2D eigenvalue weighted by molar-refractivity contribution is -0.384. The molecule has 2 N–H and O–H groups in total. The van der Waals surface area contributed by atoms with Crippen LogP contribution in [-0.2, 0) is 0 Å². The van der Waals surface area contributed by atoms with Gasteiger partial charge in [0.1, 0.15) is 0 Å². The van der Waals surface area contributed by atoms with Gasteiger partial charge >= 0.3 is 0 Å². The zero-order chi connectivity index (χ0) is 9.84. The van der Waals surface area contributed by atoms with Gasteiger partial charge in [-0.15, -0.1) is 0 Å². The summed E-state index contributed by atoms with van der Waals surface area (Å²) < 4.78 is 0. The lowest BCUT2D eigenvalue weighted by atomic mass is 10.1. The maximum atomic E-state index is 10.3. The topological polar surface area (TPSA) is 81.5 Å². The van der Waals surface area contributed by atoms with E-state index in [1.54, 1.807) is 19.1 Å². The highest BCUT2D eigenvalue weighted by molar-refractivity contribution is 5.98. The van der Waals surface area contributed by atoms with Crippen molar-refractivity contribution < 1.29 is 4.92 Å². The number of hydrazone groups is 1. The number of nitrogens with two attached hydrogens (primary N) is 1. The second-order valence-electron chi connectivity index (χ2n) is 2.52. The van der Waals surface area contributed by atoms with E-state index < -0.39 is 4.92 Å². The van der Waals surface area contributed by atoms with Crippen LogP contribution < -0.4 is 5.84 Å². The van der Waals surface area contributed by atoms with Crippen molar-refractivity contribution in [2.45, 2.75) is 6.92 Å². The average Bonchev–Trinajstić information content (AvgIpc) is 2.17. The zero-order valence-corrected chi connectivity index (χ0v) is 7.10. The van der Waals surface area contributed by atoms with E-state index in [9.17, 15) is 10.1 Å². The second kappa shape index (κ2) is 3.66. The molecule has 0 aliphatic rings. The van der Waals surface area contributed by atoms with Crippen molar-refractivity contribution >= 4 is 11.4 Å². The van der Waals surface area contributed by atoms with Gasteiger partial charge in [-0.1, -0.05) is 0 Å². The summed E-state index contributed by atoms with van der Waals surface area (Å²) in [6, 6.07) is 6.07. The normalized spacial score (nSPS) is 11.3. The third-order valence-electron chi connectivity index (χ3n) is 1.69. The average molecular weight is 179 g/mol. The molecule has 0 fully saturated rings. The first-order valence-electron chi connectivity index (χ1n) is 3.64. The van der Waals surface area contributed by atoms with E-state index >= 15 is 0 Å². The Morgan fingerprint density at radius 1 is 1.46 bits per heavy atom. The Morgan fingerprint density at radius 2 is 2.00 bits per heavy atom. The minimum absolute atomic E-state index is 0.0635. The van der Waals surface area contributed by atoms with Crippen LogP contribution >= 0.6 is 0 Å². The van der Waals surface area contributed by atoms with Gasteiger partial charge in [0.25, 0.3) is 5.69 Å². The van der Waals surface area contributed by atoms with Crippen LogP contribution in [0.4, 0.5) is 5.69 Å². The van der Waals surface area contributed by atoms with Crippen LogP contribution in [0.3, 0.4) is 0 Å². The van der Waals surface area contributed by atoms with Crippen molar-refractivity contribution in [2.75, 3.05) is 0 Å². The Balaban J connectivity index is 3.00. The van der Waals surface area contributed by atoms with Gasteiger partial charge in [0, 0.05) is 12.1 Å². The molecule has 68 valence electrons. The van der Waals surface area contributed by atoms with E-state index in [4.69, 9.17) is 5.84 Å². The van der Waals surface area contributed by atoms with E-state index in [0.29, 0.717) is 5.71 Å². The van der Waals surface area contributed by atoms with Gasteiger partial charge in [-0.2, -0.15) is 5.10 Å². The fourth-order valence-electron chi connectivity index (χ4n) is 0.899. The molecular weight excluding hydrogens is 170 g/mol. The number of non-ortho nitro benzene ring substituents is 1. The zero-order valence-electron chi connectivity index (χ0n) is 7.10.